The minimum absolute atomic E-state index is 0.218. The van der Waals surface area contributed by atoms with E-state index in [2.05, 4.69) is 10.0 Å². The fraction of sp³-hybridized carbons (Fsp3) is 0.208. The fourth-order valence-electron chi connectivity index (χ4n) is 3.66. The van der Waals surface area contributed by atoms with Crippen molar-refractivity contribution >= 4 is 21.6 Å². The second-order valence-corrected chi connectivity index (χ2v) is 9.10. The Morgan fingerprint density at radius 3 is 2.07 bits per heavy atom. The van der Waals surface area contributed by atoms with Crippen LogP contribution in [-0.4, -0.2) is 14.3 Å². The Balaban J connectivity index is 1.89. The number of hydrogen-bond donors (Lipinski definition) is 2. The van der Waals surface area contributed by atoms with Crippen LogP contribution in [0.5, 0.6) is 0 Å². The van der Waals surface area contributed by atoms with Gasteiger partial charge < -0.3 is 5.32 Å². The first-order chi connectivity index (χ1) is 14.2. The maximum atomic E-state index is 13.1. The molecule has 0 heterocycles. The quantitative estimate of drug-likeness (QED) is 0.593. The van der Waals surface area contributed by atoms with Crippen molar-refractivity contribution in [3.63, 3.8) is 0 Å². The van der Waals surface area contributed by atoms with E-state index in [1.165, 1.54) is 0 Å². The van der Waals surface area contributed by atoms with Gasteiger partial charge in [-0.2, -0.15) is 0 Å². The first kappa shape index (κ1) is 21.6. The van der Waals surface area contributed by atoms with Gasteiger partial charge in [0.2, 0.25) is 0 Å². The Hall–Kier alpha value is -3.12. The van der Waals surface area contributed by atoms with Crippen molar-refractivity contribution < 1.29 is 13.2 Å². The smallest absolute Gasteiger partial charge is 0.262 e. The molecule has 156 valence electrons. The largest absolute Gasteiger partial charge is 0.345 e. The van der Waals surface area contributed by atoms with Gasteiger partial charge in [0.05, 0.1) is 22.2 Å². The molecule has 0 saturated heterocycles. The molecule has 30 heavy (non-hydrogen) atoms. The van der Waals surface area contributed by atoms with E-state index in [1.54, 1.807) is 38.1 Å². The first-order valence-electron chi connectivity index (χ1n) is 9.74. The number of sulfonamides is 1. The molecule has 1 unspecified atom stereocenters. The van der Waals surface area contributed by atoms with Crippen molar-refractivity contribution in [1.29, 1.82) is 0 Å². The van der Waals surface area contributed by atoms with Crippen LogP contribution in [0.4, 0.5) is 5.69 Å². The maximum absolute atomic E-state index is 13.1. The molecule has 3 aromatic carbocycles. The van der Waals surface area contributed by atoms with E-state index in [0.29, 0.717) is 11.1 Å². The van der Waals surface area contributed by atoms with Gasteiger partial charge in [-0.1, -0.05) is 60.2 Å². The molecule has 1 atom stereocenters. The number of benzene rings is 3. The van der Waals surface area contributed by atoms with Crippen LogP contribution >= 0.6 is 0 Å². The normalized spacial score (nSPS) is 12.3. The maximum Gasteiger partial charge on any atom is 0.262 e. The highest BCUT2D eigenvalue weighted by Crippen LogP contribution is 2.26. The van der Waals surface area contributed by atoms with E-state index >= 15 is 0 Å². The minimum atomic E-state index is -3.86. The van der Waals surface area contributed by atoms with E-state index < -0.39 is 10.0 Å². The molecule has 0 aliphatic carbocycles. The number of hydrogen-bond acceptors (Lipinski definition) is 3. The number of aryl methyl sites for hydroxylation is 3. The predicted octanol–water partition coefficient (Wildman–Crippen LogP) is 4.90. The lowest BCUT2D eigenvalue weighted by Gasteiger charge is -2.18. The number of nitrogens with one attached hydrogen (secondary N) is 2. The minimum Gasteiger partial charge on any atom is -0.345 e. The van der Waals surface area contributed by atoms with Crippen molar-refractivity contribution in [3.05, 3.63) is 94.5 Å². The van der Waals surface area contributed by atoms with Crippen LogP contribution in [0.3, 0.4) is 0 Å². The lowest BCUT2D eigenvalue weighted by Crippen LogP contribution is -2.28. The third kappa shape index (κ3) is 4.71. The molecule has 0 bridgehead atoms. The Bertz CT molecular complexity index is 1150. The zero-order valence-corrected chi connectivity index (χ0v) is 18.4. The standard InChI is InChI=1S/C24H26N2O3S/c1-16-14-17(2)23(18(3)15-16)30(28,29)26-22-13-9-8-12-21(22)24(27)25-19(4)20-10-6-5-7-11-20/h5-15,19,26H,1-4H3,(H,25,27). The second-order valence-electron chi connectivity index (χ2n) is 7.48. The number of para-hydroxylation sites is 1. The highest BCUT2D eigenvalue weighted by Gasteiger charge is 2.23. The summed E-state index contributed by atoms with van der Waals surface area (Å²) in [6, 6.07) is 19.7. The van der Waals surface area contributed by atoms with Crippen LogP contribution in [-0.2, 0) is 10.0 Å². The van der Waals surface area contributed by atoms with Crippen molar-refractivity contribution in [3.8, 4) is 0 Å². The Labute approximate surface area is 178 Å². The SMILES string of the molecule is Cc1cc(C)c(S(=O)(=O)Nc2ccccc2C(=O)NC(C)c2ccccc2)c(C)c1. The summed E-state index contributed by atoms with van der Waals surface area (Å²) in [4.78, 5) is 13.1. The number of amides is 1. The van der Waals surface area contributed by atoms with E-state index in [9.17, 15) is 13.2 Å². The Kier molecular flexibility index (Phi) is 6.27. The third-order valence-corrected chi connectivity index (χ3v) is 6.61. The van der Waals surface area contributed by atoms with Crippen molar-refractivity contribution in [1.82, 2.24) is 5.32 Å². The van der Waals surface area contributed by atoms with Gasteiger partial charge in [0.1, 0.15) is 0 Å². The highest BCUT2D eigenvalue weighted by molar-refractivity contribution is 7.92. The van der Waals surface area contributed by atoms with Crippen LogP contribution in [0.25, 0.3) is 0 Å². The molecule has 3 aromatic rings. The van der Waals surface area contributed by atoms with Crippen molar-refractivity contribution in [2.75, 3.05) is 4.72 Å². The van der Waals surface area contributed by atoms with Crippen LogP contribution < -0.4 is 10.0 Å². The zero-order valence-electron chi connectivity index (χ0n) is 17.6. The van der Waals surface area contributed by atoms with Gasteiger partial charge in [0.15, 0.2) is 0 Å². The first-order valence-corrected chi connectivity index (χ1v) is 11.2. The summed E-state index contributed by atoms with van der Waals surface area (Å²) in [7, 11) is -3.86. The number of carbonyl (C=O) groups is 1. The van der Waals surface area contributed by atoms with E-state index in [4.69, 9.17) is 0 Å². The highest BCUT2D eigenvalue weighted by atomic mass is 32.2. The molecule has 6 heteroatoms. The Morgan fingerprint density at radius 2 is 1.43 bits per heavy atom. The molecule has 0 aromatic heterocycles. The molecule has 0 fully saturated rings. The third-order valence-electron chi connectivity index (χ3n) is 4.94. The number of rotatable bonds is 6. The summed E-state index contributed by atoms with van der Waals surface area (Å²) in [6.07, 6.45) is 0. The monoisotopic (exact) mass is 422 g/mol. The summed E-state index contributed by atoms with van der Waals surface area (Å²) >= 11 is 0. The van der Waals surface area contributed by atoms with Crippen LogP contribution in [0.2, 0.25) is 0 Å². The zero-order chi connectivity index (χ0) is 21.9. The molecular weight excluding hydrogens is 396 g/mol. The topological polar surface area (TPSA) is 75.3 Å². The summed E-state index contributed by atoms with van der Waals surface area (Å²) < 4.78 is 28.9. The van der Waals surface area contributed by atoms with Gasteiger partial charge >= 0.3 is 0 Å². The summed E-state index contributed by atoms with van der Waals surface area (Å²) in [5.41, 5.74) is 3.81. The van der Waals surface area contributed by atoms with Gasteiger partial charge in [-0.05, 0) is 56.5 Å². The Morgan fingerprint density at radius 1 is 0.867 bits per heavy atom. The predicted molar refractivity (Wildman–Crippen MR) is 120 cm³/mol. The van der Waals surface area contributed by atoms with Gasteiger partial charge in [-0.3, -0.25) is 9.52 Å². The molecule has 3 rings (SSSR count). The molecule has 0 spiro atoms. The van der Waals surface area contributed by atoms with E-state index in [0.717, 1.165) is 11.1 Å². The van der Waals surface area contributed by atoms with Gasteiger partial charge in [0.25, 0.3) is 15.9 Å². The van der Waals surface area contributed by atoms with Gasteiger partial charge in [-0.25, -0.2) is 8.42 Å². The number of carbonyl (C=O) groups excluding carboxylic acids is 1. The lowest BCUT2D eigenvalue weighted by atomic mass is 10.1. The molecule has 2 N–H and O–H groups in total. The van der Waals surface area contributed by atoms with Crippen LogP contribution in [0, 0.1) is 20.8 Å². The van der Waals surface area contributed by atoms with Crippen LogP contribution in [0.15, 0.2) is 71.6 Å². The fourth-order valence-corrected chi connectivity index (χ4v) is 5.19. The van der Waals surface area contributed by atoms with E-state index in [1.807, 2.05) is 56.3 Å². The van der Waals surface area contributed by atoms with Crippen LogP contribution in [0.1, 0.15) is 45.6 Å². The van der Waals surface area contributed by atoms with Crippen molar-refractivity contribution in [2.24, 2.45) is 0 Å². The van der Waals surface area contributed by atoms with Gasteiger partial charge in [-0.15, -0.1) is 0 Å². The molecule has 0 aliphatic heterocycles. The van der Waals surface area contributed by atoms with Gasteiger partial charge in [0, 0.05) is 0 Å². The molecule has 5 nitrogen and oxygen atoms in total. The molecule has 0 aliphatic rings. The number of anilines is 1. The average Bonchev–Trinajstić information content (AvgIpc) is 2.67. The second kappa shape index (κ2) is 8.71. The summed E-state index contributed by atoms with van der Waals surface area (Å²) in [5, 5.41) is 2.93. The average molecular weight is 423 g/mol. The summed E-state index contributed by atoms with van der Waals surface area (Å²) in [6.45, 7) is 7.36. The molecular formula is C24H26N2O3S. The summed E-state index contributed by atoms with van der Waals surface area (Å²) in [5.74, 6) is -0.345. The van der Waals surface area contributed by atoms with E-state index in [-0.39, 0.29) is 28.1 Å². The molecule has 0 saturated carbocycles. The lowest BCUT2D eigenvalue weighted by molar-refractivity contribution is 0.0941. The molecule has 1 amide bonds. The molecule has 0 radical (unpaired) electrons. The van der Waals surface area contributed by atoms with Crippen molar-refractivity contribution in [2.45, 2.75) is 38.6 Å².